The number of hydrogen-bond acceptors (Lipinski definition) is 1. The molecule has 0 saturated heterocycles. The van der Waals surface area contributed by atoms with Crippen molar-refractivity contribution < 1.29 is 4.74 Å². The molecule has 8 fully saturated rings. The molecule has 0 amide bonds. The van der Waals surface area contributed by atoms with Crippen LogP contribution in [0.15, 0.2) is 30.3 Å². The summed E-state index contributed by atoms with van der Waals surface area (Å²) in [6, 6.07) is 10.7. The molecule has 3 unspecified atom stereocenters. The Hall–Kier alpha value is -0.980. The van der Waals surface area contributed by atoms with Crippen LogP contribution in [0.1, 0.15) is 25.7 Å². The third-order valence-corrected chi connectivity index (χ3v) is 12.2. The fourth-order valence-electron chi connectivity index (χ4n) is 12.8. The first-order valence-electron chi connectivity index (χ1n) is 12.1. The predicted molar refractivity (Wildman–Crippen MR) is 103 cm³/mol. The molecule has 1 nitrogen and oxygen atoms in total. The summed E-state index contributed by atoms with van der Waals surface area (Å²) in [7, 11) is 0. The standard InChI is InChI=1S/C26H30O/c1-2-4-11(5-3-1)27-10-16-20-14-8-6-12-17-13-7-9-15-19(13)24-22(17)23(18(12)14)25(20)26(24)21(15)16/h1-5,12-26H,6-10H2/t12-,13+,14-,15-,16?,17?,18+,19-,20+,21+,22?,23+,24-,25-,26+/m1/s1. The lowest BCUT2D eigenvalue weighted by atomic mass is 9.72. The maximum Gasteiger partial charge on any atom is 0.119 e. The molecular formula is C26H30O. The van der Waals surface area contributed by atoms with E-state index in [0.717, 1.165) is 53.8 Å². The summed E-state index contributed by atoms with van der Waals surface area (Å²) in [4.78, 5) is 0. The van der Waals surface area contributed by atoms with Gasteiger partial charge in [-0.15, -0.1) is 0 Å². The number of fused-ring (bicyclic) bond motifs is 4. The van der Waals surface area contributed by atoms with E-state index in [-0.39, 0.29) is 0 Å². The maximum atomic E-state index is 6.50. The zero-order chi connectivity index (χ0) is 17.0. The van der Waals surface area contributed by atoms with Crippen molar-refractivity contribution in [2.75, 3.05) is 6.61 Å². The van der Waals surface area contributed by atoms with E-state index in [1.807, 2.05) is 0 Å². The van der Waals surface area contributed by atoms with Gasteiger partial charge in [0.05, 0.1) is 6.61 Å². The molecule has 8 saturated carbocycles. The average Bonchev–Trinajstić information content (AvgIpc) is 3.44. The highest BCUT2D eigenvalue weighted by molar-refractivity contribution is 5.32. The van der Waals surface area contributed by atoms with Gasteiger partial charge in [-0.3, -0.25) is 0 Å². The molecule has 0 aromatic heterocycles. The van der Waals surface area contributed by atoms with Crippen molar-refractivity contribution in [2.24, 2.45) is 88.8 Å². The van der Waals surface area contributed by atoms with Crippen LogP contribution in [-0.4, -0.2) is 6.61 Å². The van der Waals surface area contributed by atoms with Crippen molar-refractivity contribution >= 4 is 0 Å². The van der Waals surface area contributed by atoms with E-state index in [0.29, 0.717) is 0 Å². The molecule has 8 aliphatic carbocycles. The lowest BCUT2D eigenvalue weighted by molar-refractivity contribution is 0.0996. The van der Waals surface area contributed by atoms with Gasteiger partial charge in [0.25, 0.3) is 0 Å². The smallest absolute Gasteiger partial charge is 0.119 e. The van der Waals surface area contributed by atoms with Gasteiger partial charge in [0, 0.05) is 0 Å². The second-order valence-corrected chi connectivity index (χ2v) is 11.9. The molecular weight excluding hydrogens is 328 g/mol. The summed E-state index contributed by atoms with van der Waals surface area (Å²) in [5.74, 6) is 18.0. The van der Waals surface area contributed by atoms with Crippen LogP contribution in [0.25, 0.3) is 0 Å². The Bertz CT molecular complexity index is 786. The largest absolute Gasteiger partial charge is 0.493 e. The van der Waals surface area contributed by atoms with Gasteiger partial charge in [-0.1, -0.05) is 18.2 Å². The first-order valence-corrected chi connectivity index (χ1v) is 12.1. The Kier molecular flexibility index (Phi) is 2.24. The minimum absolute atomic E-state index is 0.892. The van der Waals surface area contributed by atoms with Gasteiger partial charge in [-0.25, -0.2) is 0 Å². The van der Waals surface area contributed by atoms with Crippen LogP contribution >= 0.6 is 0 Å². The molecule has 1 heteroatoms. The second kappa shape index (κ2) is 4.29. The van der Waals surface area contributed by atoms with Crippen LogP contribution < -0.4 is 4.74 Å². The van der Waals surface area contributed by atoms with Gasteiger partial charge in [-0.2, -0.15) is 0 Å². The normalized spacial score (nSPS) is 66.4. The number of ether oxygens (including phenoxy) is 1. The van der Waals surface area contributed by atoms with Crippen molar-refractivity contribution in [3.63, 3.8) is 0 Å². The fraction of sp³-hybridized carbons (Fsp3) is 0.769. The first kappa shape index (κ1) is 14.1. The summed E-state index contributed by atoms with van der Waals surface area (Å²) >= 11 is 0. The van der Waals surface area contributed by atoms with Crippen LogP contribution in [-0.2, 0) is 0 Å². The van der Waals surface area contributed by atoms with Crippen molar-refractivity contribution in [2.45, 2.75) is 25.7 Å². The first-order chi connectivity index (χ1) is 13.4. The van der Waals surface area contributed by atoms with Gasteiger partial charge in [-0.05, 0) is 127 Å². The Morgan fingerprint density at radius 3 is 1.52 bits per heavy atom. The number of rotatable bonds is 3. The lowest BCUT2D eigenvalue weighted by Gasteiger charge is -2.34. The van der Waals surface area contributed by atoms with Crippen molar-refractivity contribution in [1.29, 1.82) is 0 Å². The third-order valence-electron chi connectivity index (χ3n) is 12.2. The van der Waals surface area contributed by atoms with Crippen LogP contribution in [0.2, 0.25) is 0 Å². The molecule has 27 heavy (non-hydrogen) atoms. The fourth-order valence-corrected chi connectivity index (χ4v) is 12.8. The molecule has 0 spiro atoms. The molecule has 1 aromatic carbocycles. The predicted octanol–water partition coefficient (Wildman–Crippen LogP) is 4.98. The van der Waals surface area contributed by atoms with Crippen LogP contribution in [0, 0.1) is 88.8 Å². The summed E-state index contributed by atoms with van der Waals surface area (Å²) in [6.45, 7) is 1.03. The van der Waals surface area contributed by atoms with Gasteiger partial charge >= 0.3 is 0 Å². The highest BCUT2D eigenvalue weighted by atomic mass is 16.5. The minimum Gasteiger partial charge on any atom is -0.493 e. The van der Waals surface area contributed by atoms with E-state index >= 15 is 0 Å². The van der Waals surface area contributed by atoms with Crippen molar-refractivity contribution in [3.8, 4) is 5.75 Å². The van der Waals surface area contributed by atoms with E-state index in [1.165, 1.54) is 47.3 Å². The monoisotopic (exact) mass is 358 g/mol. The molecule has 0 aliphatic heterocycles. The maximum absolute atomic E-state index is 6.50. The average molecular weight is 359 g/mol. The highest BCUT2D eigenvalue weighted by Gasteiger charge is 2.85. The second-order valence-electron chi connectivity index (χ2n) is 11.9. The molecule has 140 valence electrons. The zero-order valence-corrected chi connectivity index (χ0v) is 16.0. The van der Waals surface area contributed by atoms with Crippen LogP contribution in [0.5, 0.6) is 5.75 Å². The molecule has 9 rings (SSSR count). The molecule has 0 heterocycles. The van der Waals surface area contributed by atoms with Crippen LogP contribution in [0.3, 0.4) is 0 Å². The quantitative estimate of drug-likeness (QED) is 0.741. The summed E-state index contributed by atoms with van der Waals surface area (Å²) in [5.41, 5.74) is 0. The van der Waals surface area contributed by atoms with Crippen LogP contribution in [0.4, 0.5) is 0 Å². The van der Waals surface area contributed by atoms with Crippen molar-refractivity contribution in [3.05, 3.63) is 30.3 Å². The summed E-state index contributed by atoms with van der Waals surface area (Å²) in [6.07, 6.45) is 6.39. The molecule has 0 radical (unpaired) electrons. The van der Waals surface area contributed by atoms with E-state index in [4.69, 9.17) is 4.74 Å². The molecule has 1 aromatic rings. The minimum atomic E-state index is 0.892. The molecule has 0 bridgehead atoms. The number of hydrogen-bond donors (Lipinski definition) is 0. The molecule has 0 N–H and O–H groups in total. The van der Waals surface area contributed by atoms with E-state index in [2.05, 4.69) is 30.3 Å². The van der Waals surface area contributed by atoms with E-state index in [1.54, 1.807) is 25.7 Å². The molecule has 8 aliphatic rings. The Morgan fingerprint density at radius 1 is 0.556 bits per heavy atom. The highest BCUT2D eigenvalue weighted by Crippen LogP contribution is 2.88. The molecule has 15 atom stereocenters. The van der Waals surface area contributed by atoms with E-state index < -0.39 is 0 Å². The Labute approximate surface area is 162 Å². The van der Waals surface area contributed by atoms with Gasteiger partial charge < -0.3 is 4.74 Å². The van der Waals surface area contributed by atoms with Gasteiger partial charge in [0.1, 0.15) is 5.75 Å². The van der Waals surface area contributed by atoms with E-state index in [9.17, 15) is 0 Å². The topological polar surface area (TPSA) is 9.23 Å². The zero-order valence-electron chi connectivity index (χ0n) is 16.0. The Balaban J connectivity index is 1.18. The SMILES string of the molecule is c1ccc(OCC2[C@@H]3[C@@H]4CC[C@@H]5C6C7[C@@H]8[C@H]([C@H]2[C@@H]2CC[C@@H]6[C@H]28)[C@H]3[C@H]7[C@H]45)cc1. The Morgan fingerprint density at radius 2 is 1.00 bits per heavy atom. The lowest BCUT2D eigenvalue weighted by Crippen LogP contribution is -2.32. The van der Waals surface area contributed by atoms with Crippen molar-refractivity contribution in [1.82, 2.24) is 0 Å². The number of benzene rings is 1. The van der Waals surface area contributed by atoms with Gasteiger partial charge in [0.2, 0.25) is 0 Å². The summed E-state index contributed by atoms with van der Waals surface area (Å²) < 4.78 is 6.50. The third kappa shape index (κ3) is 1.27. The van der Waals surface area contributed by atoms with Gasteiger partial charge in [0.15, 0.2) is 0 Å². The summed E-state index contributed by atoms with van der Waals surface area (Å²) in [5, 5.41) is 0. The number of para-hydroxylation sites is 1.